The zero-order chi connectivity index (χ0) is 14.8. The van der Waals surface area contributed by atoms with Crippen molar-refractivity contribution in [2.24, 2.45) is 0 Å². The number of piperidine rings is 1. The molecule has 110 valence electrons. The van der Waals surface area contributed by atoms with E-state index in [0.717, 1.165) is 4.90 Å². The minimum atomic E-state index is -5.12. The summed E-state index contributed by atoms with van der Waals surface area (Å²) in [5.41, 5.74) is -3.35. The summed E-state index contributed by atoms with van der Waals surface area (Å²) in [6.45, 7) is 0.448. The molecule has 2 amide bonds. The third-order valence-corrected chi connectivity index (χ3v) is 3.04. The highest BCUT2D eigenvalue weighted by atomic mass is 19.4. The molecule has 19 heavy (non-hydrogen) atoms. The molecule has 0 spiro atoms. The number of aliphatic hydroxyl groups excluding tert-OH is 1. The molecular weight excluding hydrogens is 269 g/mol. The Balaban J connectivity index is 2.80. The van der Waals surface area contributed by atoms with Crippen LogP contribution < -0.4 is 5.32 Å². The standard InChI is InChI=1S/C10H15F3N2O4/c1-9(7(17)18,10(11,12)13)14-8(19)15-4-2-3-6(16)5-15/h6,16H,2-5H2,1H3,(H,14,19)(H,17,18). The molecule has 3 N–H and O–H groups in total. The highest BCUT2D eigenvalue weighted by Gasteiger charge is 2.58. The van der Waals surface area contributed by atoms with Crippen molar-refractivity contribution in [3.63, 3.8) is 0 Å². The van der Waals surface area contributed by atoms with Crippen molar-refractivity contribution >= 4 is 12.0 Å². The Morgan fingerprint density at radius 3 is 2.37 bits per heavy atom. The SMILES string of the molecule is CC(NC(=O)N1CCCC(O)C1)(C(=O)O)C(F)(F)F. The van der Waals surface area contributed by atoms with Crippen molar-refractivity contribution in [1.82, 2.24) is 10.2 Å². The molecule has 1 rings (SSSR count). The number of likely N-dealkylation sites (tertiary alicyclic amines) is 1. The molecule has 1 fully saturated rings. The van der Waals surface area contributed by atoms with Crippen molar-refractivity contribution < 1.29 is 33.0 Å². The summed E-state index contributed by atoms with van der Waals surface area (Å²) >= 11 is 0. The average Bonchev–Trinajstić information content (AvgIpc) is 2.27. The molecule has 0 radical (unpaired) electrons. The molecule has 0 bridgehead atoms. The average molecular weight is 284 g/mol. The van der Waals surface area contributed by atoms with Gasteiger partial charge in [-0.15, -0.1) is 0 Å². The predicted octanol–water partition coefficient (Wildman–Crippen LogP) is 0.558. The number of β-amino-alcohol motifs (C(OH)–C–C–N with tert-alkyl or cyclic N) is 1. The van der Waals surface area contributed by atoms with Crippen LogP contribution in [0.15, 0.2) is 0 Å². The first-order valence-corrected chi connectivity index (χ1v) is 5.63. The Labute approximate surface area is 107 Å². The molecule has 6 nitrogen and oxygen atoms in total. The highest BCUT2D eigenvalue weighted by Crippen LogP contribution is 2.30. The fourth-order valence-electron chi connectivity index (χ4n) is 1.68. The maximum Gasteiger partial charge on any atom is 0.422 e. The molecule has 1 aliphatic rings. The second kappa shape index (κ2) is 5.24. The van der Waals surface area contributed by atoms with E-state index in [1.807, 2.05) is 0 Å². The molecule has 0 aromatic rings. The van der Waals surface area contributed by atoms with E-state index < -0.39 is 29.8 Å². The highest BCUT2D eigenvalue weighted by molar-refractivity contribution is 5.86. The van der Waals surface area contributed by atoms with E-state index >= 15 is 0 Å². The number of rotatable bonds is 2. The largest absolute Gasteiger partial charge is 0.479 e. The molecule has 2 unspecified atom stereocenters. The third-order valence-electron chi connectivity index (χ3n) is 3.04. The Kier molecular flexibility index (Phi) is 4.28. The lowest BCUT2D eigenvalue weighted by Gasteiger charge is -2.34. The van der Waals surface area contributed by atoms with Crippen molar-refractivity contribution in [2.45, 2.75) is 37.6 Å². The van der Waals surface area contributed by atoms with E-state index in [0.29, 0.717) is 19.8 Å². The van der Waals surface area contributed by atoms with Gasteiger partial charge in [-0.3, -0.25) is 0 Å². The number of hydrogen-bond acceptors (Lipinski definition) is 3. The minimum absolute atomic E-state index is 0.112. The van der Waals surface area contributed by atoms with E-state index in [1.165, 1.54) is 5.32 Å². The van der Waals surface area contributed by atoms with Gasteiger partial charge in [-0.25, -0.2) is 9.59 Å². The normalized spacial score (nSPS) is 23.6. The van der Waals surface area contributed by atoms with Gasteiger partial charge >= 0.3 is 18.2 Å². The van der Waals surface area contributed by atoms with Gasteiger partial charge in [-0.2, -0.15) is 13.2 Å². The number of nitrogens with one attached hydrogen (secondary N) is 1. The van der Waals surface area contributed by atoms with Crippen LogP contribution in [0.4, 0.5) is 18.0 Å². The fraction of sp³-hybridized carbons (Fsp3) is 0.800. The van der Waals surface area contributed by atoms with Crippen LogP contribution in [0.5, 0.6) is 0 Å². The van der Waals surface area contributed by atoms with Crippen molar-refractivity contribution in [3.8, 4) is 0 Å². The van der Waals surface area contributed by atoms with Crippen LogP contribution in [0.2, 0.25) is 0 Å². The number of carboxylic acid groups (broad SMARTS) is 1. The number of urea groups is 1. The van der Waals surface area contributed by atoms with Gasteiger partial charge in [0.05, 0.1) is 6.10 Å². The van der Waals surface area contributed by atoms with E-state index in [4.69, 9.17) is 5.11 Å². The van der Waals surface area contributed by atoms with Crippen LogP contribution in [-0.4, -0.2) is 58.0 Å². The summed E-state index contributed by atoms with van der Waals surface area (Å²) in [6, 6.07) is -1.15. The maximum absolute atomic E-state index is 12.7. The fourth-order valence-corrected chi connectivity index (χ4v) is 1.68. The number of halogens is 3. The summed E-state index contributed by atoms with van der Waals surface area (Å²) in [4.78, 5) is 23.4. The number of carbonyl (C=O) groups excluding carboxylic acids is 1. The summed E-state index contributed by atoms with van der Waals surface area (Å²) in [7, 11) is 0. The minimum Gasteiger partial charge on any atom is -0.479 e. The topological polar surface area (TPSA) is 89.9 Å². The Morgan fingerprint density at radius 1 is 1.37 bits per heavy atom. The first-order chi connectivity index (χ1) is 8.58. The Morgan fingerprint density at radius 2 is 1.95 bits per heavy atom. The summed E-state index contributed by atoms with van der Waals surface area (Å²) in [6.07, 6.45) is -5.02. The van der Waals surface area contributed by atoms with Crippen molar-refractivity contribution in [2.75, 3.05) is 13.1 Å². The summed E-state index contributed by atoms with van der Waals surface area (Å²) in [5, 5.41) is 19.5. The first kappa shape index (κ1) is 15.5. The third kappa shape index (κ3) is 3.28. The van der Waals surface area contributed by atoms with E-state index in [2.05, 4.69) is 0 Å². The molecule has 0 saturated carbocycles. The number of hydrogen-bond donors (Lipinski definition) is 3. The zero-order valence-electron chi connectivity index (χ0n) is 10.2. The summed E-state index contributed by atoms with van der Waals surface area (Å²) < 4.78 is 38.1. The number of aliphatic hydroxyl groups is 1. The Bertz CT molecular complexity index is 374. The molecule has 0 aliphatic carbocycles. The van der Waals surface area contributed by atoms with Crippen LogP contribution in [-0.2, 0) is 4.79 Å². The number of aliphatic carboxylic acids is 1. The van der Waals surface area contributed by atoms with E-state index in [9.17, 15) is 27.9 Å². The molecular formula is C10H15F3N2O4. The lowest BCUT2D eigenvalue weighted by molar-refractivity contribution is -0.203. The lowest BCUT2D eigenvalue weighted by Crippen LogP contribution is -2.64. The number of amides is 2. The van der Waals surface area contributed by atoms with Gasteiger partial charge in [-0.05, 0) is 19.8 Å². The molecule has 2 atom stereocenters. The van der Waals surface area contributed by atoms with Gasteiger partial charge in [0.1, 0.15) is 0 Å². The van der Waals surface area contributed by atoms with Crippen LogP contribution in [0.3, 0.4) is 0 Å². The second-order valence-corrected chi connectivity index (χ2v) is 4.60. The van der Waals surface area contributed by atoms with Crippen LogP contribution in [0.25, 0.3) is 0 Å². The molecule has 9 heteroatoms. The quantitative estimate of drug-likeness (QED) is 0.691. The van der Waals surface area contributed by atoms with Gasteiger partial charge < -0.3 is 20.4 Å². The molecule has 1 heterocycles. The van der Waals surface area contributed by atoms with Crippen molar-refractivity contribution in [3.05, 3.63) is 0 Å². The van der Waals surface area contributed by atoms with Crippen molar-refractivity contribution in [1.29, 1.82) is 0 Å². The summed E-state index contributed by atoms with van der Waals surface area (Å²) in [5.74, 6) is -2.19. The number of carboxylic acids is 1. The van der Waals surface area contributed by atoms with Gasteiger partial charge in [0.2, 0.25) is 5.54 Å². The van der Waals surface area contributed by atoms with E-state index in [-0.39, 0.29) is 13.1 Å². The van der Waals surface area contributed by atoms with Gasteiger partial charge in [-0.1, -0.05) is 0 Å². The zero-order valence-corrected chi connectivity index (χ0v) is 10.2. The van der Waals surface area contributed by atoms with Gasteiger partial charge in [0.15, 0.2) is 0 Å². The van der Waals surface area contributed by atoms with Crippen LogP contribution >= 0.6 is 0 Å². The van der Waals surface area contributed by atoms with Gasteiger partial charge in [0, 0.05) is 13.1 Å². The maximum atomic E-state index is 12.7. The predicted molar refractivity (Wildman–Crippen MR) is 57.4 cm³/mol. The Hall–Kier alpha value is -1.51. The number of nitrogens with zero attached hydrogens (tertiary/aromatic N) is 1. The number of alkyl halides is 3. The van der Waals surface area contributed by atoms with E-state index in [1.54, 1.807) is 0 Å². The second-order valence-electron chi connectivity index (χ2n) is 4.60. The van der Waals surface area contributed by atoms with Crippen LogP contribution in [0.1, 0.15) is 19.8 Å². The van der Waals surface area contributed by atoms with Gasteiger partial charge in [0.25, 0.3) is 0 Å². The molecule has 0 aromatic carbocycles. The monoisotopic (exact) mass is 284 g/mol. The first-order valence-electron chi connectivity index (χ1n) is 5.63. The molecule has 1 aliphatic heterocycles. The van der Waals surface area contributed by atoms with Crippen LogP contribution in [0, 0.1) is 0 Å². The molecule has 1 saturated heterocycles. The number of carbonyl (C=O) groups is 2. The smallest absolute Gasteiger partial charge is 0.422 e. The lowest BCUT2D eigenvalue weighted by atomic mass is 10.0. The molecule has 0 aromatic heterocycles.